The molecular formula is C28H32N2O7. The maximum absolute atomic E-state index is 13.7. The fraction of sp³-hybridized carbons (Fsp3) is 0.607. The van der Waals surface area contributed by atoms with Gasteiger partial charge in [0, 0.05) is 32.0 Å². The normalized spacial score (nSPS) is 33.2. The number of fused-ring (bicyclic) bond motifs is 3. The molecule has 0 radical (unpaired) electrons. The van der Waals surface area contributed by atoms with E-state index in [9.17, 15) is 34.2 Å². The van der Waals surface area contributed by atoms with Crippen molar-refractivity contribution in [2.45, 2.75) is 57.1 Å². The first-order valence-electron chi connectivity index (χ1n) is 13.3. The summed E-state index contributed by atoms with van der Waals surface area (Å²) in [6, 6.07) is 3.33. The summed E-state index contributed by atoms with van der Waals surface area (Å²) in [6.07, 6.45) is 5.06. The number of aromatic hydroxyl groups is 1. The lowest BCUT2D eigenvalue weighted by Crippen LogP contribution is -2.68. The summed E-state index contributed by atoms with van der Waals surface area (Å²) in [4.78, 5) is 67.1. The smallest absolute Gasteiger partial charge is 0.235 e. The highest BCUT2D eigenvalue weighted by Gasteiger charge is 2.66. The zero-order valence-corrected chi connectivity index (χ0v) is 20.7. The van der Waals surface area contributed by atoms with E-state index in [4.69, 9.17) is 5.73 Å². The van der Waals surface area contributed by atoms with Crippen molar-refractivity contribution in [2.75, 3.05) is 13.1 Å². The first-order valence-corrected chi connectivity index (χ1v) is 13.3. The van der Waals surface area contributed by atoms with Crippen LogP contribution in [0, 0.1) is 35.5 Å². The summed E-state index contributed by atoms with van der Waals surface area (Å²) in [6.45, 7) is 2.66. The molecule has 5 aliphatic carbocycles. The third-order valence-electron chi connectivity index (χ3n) is 9.20. The predicted octanol–water partition coefficient (Wildman–Crippen LogP) is 0.949. The number of carbonyl (C=O) groups is 5. The fourth-order valence-electron chi connectivity index (χ4n) is 6.96. The van der Waals surface area contributed by atoms with E-state index in [-0.39, 0.29) is 24.2 Å². The summed E-state index contributed by atoms with van der Waals surface area (Å²) in [5, 5.41) is 22.0. The summed E-state index contributed by atoms with van der Waals surface area (Å²) < 4.78 is 0. The molecule has 1 amide bonds. The maximum Gasteiger partial charge on any atom is 0.235 e. The molecule has 1 aromatic carbocycles. The Kier molecular flexibility index (Phi) is 5.65. The van der Waals surface area contributed by atoms with Crippen molar-refractivity contribution in [1.82, 2.24) is 4.90 Å². The van der Waals surface area contributed by atoms with Gasteiger partial charge in [0.2, 0.25) is 5.91 Å². The Morgan fingerprint density at radius 1 is 1.00 bits per heavy atom. The van der Waals surface area contributed by atoms with Gasteiger partial charge in [-0.2, -0.15) is 0 Å². The van der Waals surface area contributed by atoms with Gasteiger partial charge in [-0.1, -0.05) is 6.07 Å². The van der Waals surface area contributed by atoms with Gasteiger partial charge in [0.25, 0.3) is 0 Å². The Bertz CT molecular complexity index is 1220. The van der Waals surface area contributed by atoms with Gasteiger partial charge >= 0.3 is 0 Å². The molecule has 0 bridgehead atoms. The van der Waals surface area contributed by atoms with Crippen LogP contribution in [0.1, 0.15) is 60.0 Å². The number of carbonyl (C=O) groups excluding carboxylic acids is 5. The lowest BCUT2D eigenvalue weighted by Gasteiger charge is -2.48. The van der Waals surface area contributed by atoms with Crippen LogP contribution in [-0.2, 0) is 32.1 Å². The molecule has 0 heterocycles. The largest absolute Gasteiger partial charge is 0.507 e. The van der Waals surface area contributed by atoms with E-state index in [1.54, 1.807) is 0 Å². The Morgan fingerprint density at radius 3 is 2.24 bits per heavy atom. The van der Waals surface area contributed by atoms with Crippen molar-refractivity contribution in [1.29, 1.82) is 0 Å². The van der Waals surface area contributed by atoms with E-state index in [0.717, 1.165) is 18.7 Å². The van der Waals surface area contributed by atoms with Crippen LogP contribution in [-0.4, -0.2) is 62.8 Å². The molecule has 37 heavy (non-hydrogen) atoms. The number of nitrogens with two attached hydrogens (primary N) is 1. The molecule has 9 nitrogen and oxygen atoms in total. The second kappa shape index (κ2) is 8.56. The minimum Gasteiger partial charge on any atom is -0.507 e. The van der Waals surface area contributed by atoms with Crippen LogP contribution in [0.4, 0.5) is 0 Å². The Morgan fingerprint density at radius 2 is 1.65 bits per heavy atom. The van der Waals surface area contributed by atoms with Crippen molar-refractivity contribution in [3.8, 4) is 5.75 Å². The summed E-state index contributed by atoms with van der Waals surface area (Å²) in [5.74, 6) is -8.27. The zero-order valence-electron chi connectivity index (χ0n) is 20.7. The van der Waals surface area contributed by atoms with E-state index in [1.807, 2.05) is 6.07 Å². The number of nitrogens with zero attached hydrogens (tertiary/aromatic N) is 1. The molecule has 4 N–H and O–H groups in total. The van der Waals surface area contributed by atoms with Crippen LogP contribution >= 0.6 is 0 Å². The molecule has 196 valence electrons. The van der Waals surface area contributed by atoms with E-state index < -0.39 is 58.3 Å². The SMILES string of the molecule is NC(=O)C1C(=O)C[C@@H]2C[C@@H]3Cc4c(CN(CC5CC5)CC5CC5)ccc(O)c4C(=O)C3C(=O)[C@]2(O)C1=O. The molecule has 6 rings (SSSR count). The molecule has 0 saturated heterocycles. The number of amides is 1. The monoisotopic (exact) mass is 508 g/mol. The molecule has 4 saturated carbocycles. The average molecular weight is 509 g/mol. The average Bonchev–Trinajstić information content (AvgIpc) is 3.75. The topological polar surface area (TPSA) is 155 Å². The lowest BCUT2D eigenvalue weighted by atomic mass is 9.53. The van der Waals surface area contributed by atoms with Gasteiger partial charge in [0.05, 0.1) is 11.5 Å². The van der Waals surface area contributed by atoms with Gasteiger partial charge in [-0.3, -0.25) is 28.9 Å². The maximum atomic E-state index is 13.7. The summed E-state index contributed by atoms with van der Waals surface area (Å²) in [5.41, 5.74) is 4.36. The van der Waals surface area contributed by atoms with Crippen LogP contribution in [0.15, 0.2) is 12.1 Å². The highest BCUT2D eigenvalue weighted by molar-refractivity contribution is 6.31. The van der Waals surface area contributed by atoms with Crippen LogP contribution in [0.5, 0.6) is 5.75 Å². The van der Waals surface area contributed by atoms with Crippen molar-refractivity contribution in [3.05, 3.63) is 28.8 Å². The zero-order chi connectivity index (χ0) is 26.2. The molecule has 0 spiro atoms. The number of ketones is 4. The van der Waals surface area contributed by atoms with Gasteiger partial charge in [0.1, 0.15) is 5.75 Å². The molecule has 0 aliphatic heterocycles. The first kappa shape index (κ1) is 24.4. The number of Topliss-reactive ketones (excluding diaryl/α,β-unsaturated/α-hetero) is 4. The van der Waals surface area contributed by atoms with Gasteiger partial charge < -0.3 is 15.9 Å². The van der Waals surface area contributed by atoms with Gasteiger partial charge in [-0.25, -0.2) is 0 Å². The molecular weight excluding hydrogens is 476 g/mol. The van der Waals surface area contributed by atoms with E-state index >= 15 is 0 Å². The first-order chi connectivity index (χ1) is 17.6. The number of primary amides is 1. The predicted molar refractivity (Wildman–Crippen MR) is 129 cm³/mol. The molecule has 1 aromatic rings. The number of rotatable bonds is 7. The summed E-state index contributed by atoms with van der Waals surface area (Å²) in [7, 11) is 0. The third kappa shape index (κ3) is 3.94. The number of benzene rings is 1. The van der Waals surface area contributed by atoms with Crippen molar-refractivity contribution < 1.29 is 34.2 Å². The standard InChI is InChI=1S/C28H32N2O7/c29-27(36)23-20(32)9-17-7-16-8-18-15(12-30(10-13-1-2-13)11-14-3-4-14)5-6-19(31)22(18)24(33)21(16)25(34)28(17,37)26(23)35/h5-6,13-14,16-17,21,23,31,37H,1-4,7-12H2,(H2,29,36)/t16-,17+,21?,23?,28+/m1/s1. The second-order valence-corrected chi connectivity index (χ2v) is 11.9. The molecule has 0 aromatic heterocycles. The van der Waals surface area contributed by atoms with Crippen molar-refractivity contribution in [2.24, 2.45) is 41.2 Å². The minimum atomic E-state index is -2.61. The van der Waals surface area contributed by atoms with E-state index in [0.29, 0.717) is 30.4 Å². The molecule has 5 atom stereocenters. The van der Waals surface area contributed by atoms with Gasteiger partial charge in [-0.05, 0) is 73.5 Å². The van der Waals surface area contributed by atoms with Gasteiger partial charge in [-0.15, -0.1) is 0 Å². The minimum absolute atomic E-state index is 0.0812. The van der Waals surface area contributed by atoms with Crippen LogP contribution in [0.3, 0.4) is 0 Å². The lowest BCUT2D eigenvalue weighted by molar-refractivity contribution is -0.175. The van der Waals surface area contributed by atoms with Crippen LogP contribution < -0.4 is 5.73 Å². The quantitative estimate of drug-likeness (QED) is 0.460. The highest BCUT2D eigenvalue weighted by atomic mass is 16.3. The van der Waals surface area contributed by atoms with E-state index in [1.165, 1.54) is 31.7 Å². The fourth-order valence-corrected chi connectivity index (χ4v) is 6.96. The highest BCUT2D eigenvalue weighted by Crippen LogP contribution is 2.50. The number of phenolic OH excluding ortho intramolecular Hbond substituents is 1. The molecule has 4 fully saturated rings. The number of aliphatic hydroxyl groups is 1. The molecule has 5 aliphatic rings. The second-order valence-electron chi connectivity index (χ2n) is 11.9. The van der Waals surface area contributed by atoms with E-state index in [2.05, 4.69) is 4.90 Å². The number of hydrogen-bond donors (Lipinski definition) is 3. The van der Waals surface area contributed by atoms with Gasteiger partial charge in [0.15, 0.2) is 34.7 Å². The Hall–Kier alpha value is -2.91. The molecule has 9 heteroatoms. The summed E-state index contributed by atoms with van der Waals surface area (Å²) >= 11 is 0. The Balaban J connectivity index is 1.34. The molecule has 2 unspecified atom stereocenters. The number of hydrogen-bond acceptors (Lipinski definition) is 8. The van der Waals surface area contributed by atoms with Crippen LogP contribution in [0.2, 0.25) is 0 Å². The third-order valence-corrected chi connectivity index (χ3v) is 9.20. The number of phenols is 1. The van der Waals surface area contributed by atoms with Crippen molar-refractivity contribution in [3.63, 3.8) is 0 Å². The van der Waals surface area contributed by atoms with Crippen LogP contribution in [0.25, 0.3) is 0 Å². The Labute approximate surface area is 214 Å². The van der Waals surface area contributed by atoms with Crippen molar-refractivity contribution >= 4 is 29.0 Å².